The molecule has 1 heterocycles. The Morgan fingerprint density at radius 2 is 2.10 bits per heavy atom. The number of hydrogen-bond acceptors (Lipinski definition) is 2. The van der Waals surface area contributed by atoms with Gasteiger partial charge in [-0.1, -0.05) is 0 Å². The largest absolute Gasteiger partial charge is 0.481 e. The van der Waals surface area contributed by atoms with Crippen LogP contribution in [0.4, 0.5) is 0 Å². The Hall–Kier alpha value is -1.25. The molecule has 1 rings (SSSR count). The van der Waals surface area contributed by atoms with E-state index < -0.39 is 5.97 Å². The minimum atomic E-state index is -0.791. The molecule has 0 amide bonds. The lowest BCUT2D eigenvalue weighted by atomic mass is 10.1. The van der Waals surface area contributed by atoms with Gasteiger partial charge in [0.1, 0.15) is 0 Å². The van der Waals surface area contributed by atoms with Gasteiger partial charge in [0, 0.05) is 5.92 Å². The van der Waals surface area contributed by atoms with E-state index in [4.69, 9.17) is 9.84 Å². The molecule has 3 nitrogen and oxygen atoms in total. The molecule has 1 N–H and O–H groups in total. The highest BCUT2D eigenvalue weighted by Crippen LogP contribution is 2.10. The van der Waals surface area contributed by atoms with Gasteiger partial charge >= 0.3 is 5.97 Å². The third kappa shape index (κ3) is 1.93. The predicted molar refractivity (Wildman–Crippen MR) is 35.1 cm³/mol. The average molecular weight is 140 g/mol. The van der Waals surface area contributed by atoms with Crippen molar-refractivity contribution < 1.29 is 14.6 Å². The van der Waals surface area contributed by atoms with Gasteiger partial charge in [0.2, 0.25) is 0 Å². The monoisotopic (exact) mass is 140 g/mol. The topological polar surface area (TPSA) is 46.5 Å². The smallest absolute Gasteiger partial charge is 0.304 e. The van der Waals surface area contributed by atoms with Crippen LogP contribution in [0.3, 0.4) is 0 Å². The van der Waals surface area contributed by atoms with E-state index in [0.717, 1.165) is 0 Å². The van der Waals surface area contributed by atoms with Crippen LogP contribution >= 0.6 is 0 Å². The fourth-order valence-corrected chi connectivity index (χ4v) is 0.740. The number of hydrogen-bond donors (Lipinski definition) is 1. The molecule has 1 aliphatic rings. The Morgan fingerprint density at radius 1 is 1.50 bits per heavy atom. The lowest BCUT2D eigenvalue weighted by Gasteiger charge is -2.06. The Bertz CT molecular complexity index is 169. The number of aliphatic carboxylic acids is 1. The quantitative estimate of drug-likeness (QED) is 0.625. The van der Waals surface area contributed by atoms with E-state index in [1.54, 1.807) is 12.2 Å². The molecule has 0 bridgehead atoms. The van der Waals surface area contributed by atoms with Gasteiger partial charge in [0.05, 0.1) is 18.9 Å². The zero-order valence-electron chi connectivity index (χ0n) is 5.36. The van der Waals surface area contributed by atoms with Crippen molar-refractivity contribution in [3.05, 3.63) is 24.7 Å². The summed E-state index contributed by atoms with van der Waals surface area (Å²) in [6.07, 6.45) is 6.56. The SMILES string of the molecule is O=C(O)CC1C=COC=C1. The van der Waals surface area contributed by atoms with Gasteiger partial charge in [-0.3, -0.25) is 4.79 Å². The highest BCUT2D eigenvalue weighted by molar-refractivity contribution is 5.67. The van der Waals surface area contributed by atoms with E-state index in [1.807, 2.05) is 0 Å². The third-order valence-corrected chi connectivity index (χ3v) is 1.22. The molecule has 0 atom stereocenters. The average Bonchev–Trinajstić information content (AvgIpc) is 1.88. The van der Waals surface area contributed by atoms with Gasteiger partial charge in [-0.15, -0.1) is 0 Å². The van der Waals surface area contributed by atoms with Crippen molar-refractivity contribution in [3.8, 4) is 0 Å². The maximum atomic E-state index is 10.2. The maximum absolute atomic E-state index is 10.2. The van der Waals surface area contributed by atoms with Gasteiger partial charge < -0.3 is 9.84 Å². The maximum Gasteiger partial charge on any atom is 0.304 e. The number of carboxylic acids is 1. The van der Waals surface area contributed by atoms with E-state index in [9.17, 15) is 4.79 Å². The number of ether oxygens (including phenoxy) is 1. The van der Waals surface area contributed by atoms with Crippen LogP contribution in [0.15, 0.2) is 24.7 Å². The fourth-order valence-electron chi connectivity index (χ4n) is 0.740. The molecular formula is C7H8O3. The summed E-state index contributed by atoms with van der Waals surface area (Å²) in [7, 11) is 0. The Morgan fingerprint density at radius 3 is 2.60 bits per heavy atom. The number of carboxylic acid groups (broad SMARTS) is 1. The van der Waals surface area contributed by atoms with Gasteiger partial charge in [0.25, 0.3) is 0 Å². The number of allylic oxidation sites excluding steroid dienone is 2. The van der Waals surface area contributed by atoms with E-state index >= 15 is 0 Å². The molecule has 0 saturated carbocycles. The first-order chi connectivity index (χ1) is 4.79. The molecule has 0 radical (unpaired) electrons. The molecule has 0 aliphatic carbocycles. The summed E-state index contributed by atoms with van der Waals surface area (Å²) >= 11 is 0. The summed E-state index contributed by atoms with van der Waals surface area (Å²) in [5, 5.41) is 8.36. The van der Waals surface area contributed by atoms with Crippen LogP contribution in [0.2, 0.25) is 0 Å². The molecule has 3 heteroatoms. The second-order valence-electron chi connectivity index (χ2n) is 2.05. The highest BCUT2D eigenvalue weighted by Gasteiger charge is 2.07. The van der Waals surface area contributed by atoms with Gasteiger partial charge in [-0.2, -0.15) is 0 Å². The molecule has 0 fully saturated rings. The number of carbonyl (C=O) groups is 1. The summed E-state index contributed by atoms with van der Waals surface area (Å²) in [4.78, 5) is 10.2. The molecule has 0 spiro atoms. The summed E-state index contributed by atoms with van der Waals surface area (Å²) in [6, 6.07) is 0. The molecular weight excluding hydrogens is 132 g/mol. The predicted octanol–water partition coefficient (Wildman–Crippen LogP) is 1.13. The second-order valence-corrected chi connectivity index (χ2v) is 2.05. The van der Waals surface area contributed by atoms with Crippen LogP contribution in [0.25, 0.3) is 0 Å². The Balaban J connectivity index is 2.40. The molecule has 0 aromatic carbocycles. The van der Waals surface area contributed by atoms with Crippen molar-refractivity contribution >= 4 is 5.97 Å². The minimum Gasteiger partial charge on any atom is -0.481 e. The fraction of sp³-hybridized carbons (Fsp3) is 0.286. The van der Waals surface area contributed by atoms with Crippen molar-refractivity contribution in [2.45, 2.75) is 6.42 Å². The molecule has 0 unspecified atom stereocenters. The molecule has 54 valence electrons. The van der Waals surface area contributed by atoms with Crippen molar-refractivity contribution in [1.29, 1.82) is 0 Å². The van der Waals surface area contributed by atoms with Gasteiger partial charge in [0.15, 0.2) is 0 Å². The standard InChI is InChI=1S/C7H8O3/c8-7(9)5-6-1-3-10-4-2-6/h1-4,6H,5H2,(H,8,9). The van der Waals surface area contributed by atoms with E-state index in [2.05, 4.69) is 0 Å². The van der Waals surface area contributed by atoms with E-state index in [1.165, 1.54) is 12.5 Å². The zero-order chi connectivity index (χ0) is 7.40. The van der Waals surface area contributed by atoms with Crippen molar-refractivity contribution in [1.82, 2.24) is 0 Å². The second kappa shape index (κ2) is 3.06. The third-order valence-electron chi connectivity index (χ3n) is 1.22. The molecule has 0 saturated heterocycles. The Kier molecular flexibility index (Phi) is 2.10. The van der Waals surface area contributed by atoms with E-state index in [0.29, 0.717) is 0 Å². The summed E-state index contributed by atoms with van der Waals surface area (Å²) in [5.74, 6) is -0.799. The Labute approximate surface area is 58.6 Å². The first kappa shape index (κ1) is 6.86. The van der Waals surface area contributed by atoms with Gasteiger partial charge in [-0.25, -0.2) is 0 Å². The van der Waals surface area contributed by atoms with Crippen molar-refractivity contribution in [3.63, 3.8) is 0 Å². The summed E-state index contributed by atoms with van der Waals surface area (Å²) in [6.45, 7) is 0. The highest BCUT2D eigenvalue weighted by atomic mass is 16.5. The molecule has 0 aromatic rings. The summed E-state index contributed by atoms with van der Waals surface area (Å²) in [5.41, 5.74) is 0. The van der Waals surface area contributed by atoms with Crippen LogP contribution in [-0.2, 0) is 9.53 Å². The van der Waals surface area contributed by atoms with Crippen molar-refractivity contribution in [2.75, 3.05) is 0 Å². The lowest BCUT2D eigenvalue weighted by Crippen LogP contribution is -2.04. The minimum absolute atomic E-state index is 0.00810. The molecule has 0 aromatic heterocycles. The molecule has 10 heavy (non-hydrogen) atoms. The summed E-state index contributed by atoms with van der Waals surface area (Å²) < 4.78 is 4.73. The van der Waals surface area contributed by atoms with Gasteiger partial charge in [-0.05, 0) is 12.2 Å². The zero-order valence-corrected chi connectivity index (χ0v) is 5.36. The van der Waals surface area contributed by atoms with E-state index in [-0.39, 0.29) is 12.3 Å². The lowest BCUT2D eigenvalue weighted by molar-refractivity contribution is -0.137. The normalized spacial score (nSPS) is 16.8. The van der Waals surface area contributed by atoms with Crippen LogP contribution in [0.1, 0.15) is 6.42 Å². The van der Waals surface area contributed by atoms with Crippen LogP contribution in [0.5, 0.6) is 0 Å². The number of rotatable bonds is 2. The van der Waals surface area contributed by atoms with Crippen molar-refractivity contribution in [2.24, 2.45) is 5.92 Å². The first-order valence-corrected chi connectivity index (χ1v) is 2.99. The molecule has 1 aliphatic heterocycles. The van der Waals surface area contributed by atoms with Crippen LogP contribution in [0, 0.1) is 5.92 Å². The first-order valence-electron chi connectivity index (χ1n) is 2.99. The van der Waals surface area contributed by atoms with Crippen LogP contribution in [-0.4, -0.2) is 11.1 Å². The van der Waals surface area contributed by atoms with Crippen LogP contribution < -0.4 is 0 Å².